The molecule has 0 saturated heterocycles. The van der Waals surface area contributed by atoms with E-state index in [0.717, 1.165) is 6.54 Å². The average Bonchev–Trinajstić information content (AvgIpc) is 2.37. The van der Waals surface area contributed by atoms with Crippen molar-refractivity contribution in [2.24, 2.45) is 0 Å². The molecule has 0 saturated carbocycles. The lowest BCUT2D eigenvalue weighted by molar-refractivity contribution is 0.0697. The van der Waals surface area contributed by atoms with Crippen LogP contribution in [0.1, 0.15) is 10.4 Å². The largest absolute Gasteiger partial charge is 0.478 e. The standard InChI is InChI=1S/C13H18ClN3O3/c1-16(2)6-7-17(3)13(20)15-11-5-4-9(12(18)19)8-10(11)14/h4-5,8H,6-7H2,1-3H3,(H,15,20)(H,18,19). The fraction of sp³-hybridized carbons (Fsp3) is 0.385. The van der Waals surface area contributed by atoms with Crippen LogP contribution in [0.25, 0.3) is 0 Å². The zero-order valence-electron chi connectivity index (χ0n) is 11.7. The zero-order valence-corrected chi connectivity index (χ0v) is 12.4. The topological polar surface area (TPSA) is 72.9 Å². The van der Waals surface area contributed by atoms with E-state index in [1.807, 2.05) is 19.0 Å². The Balaban J connectivity index is 2.68. The third-order valence-corrected chi connectivity index (χ3v) is 3.00. The van der Waals surface area contributed by atoms with Crippen molar-refractivity contribution >= 4 is 29.3 Å². The van der Waals surface area contributed by atoms with Crippen molar-refractivity contribution in [1.82, 2.24) is 9.80 Å². The van der Waals surface area contributed by atoms with Gasteiger partial charge in [-0.15, -0.1) is 0 Å². The Bertz CT molecular complexity index is 506. The quantitative estimate of drug-likeness (QED) is 0.873. The Morgan fingerprint density at radius 2 is 1.90 bits per heavy atom. The number of benzene rings is 1. The van der Waals surface area contributed by atoms with Gasteiger partial charge in [0.2, 0.25) is 0 Å². The minimum Gasteiger partial charge on any atom is -0.478 e. The second-order valence-corrected chi connectivity index (χ2v) is 5.06. The fourth-order valence-electron chi connectivity index (χ4n) is 1.41. The van der Waals surface area contributed by atoms with Gasteiger partial charge in [0, 0.05) is 20.1 Å². The summed E-state index contributed by atoms with van der Waals surface area (Å²) in [7, 11) is 5.53. The maximum absolute atomic E-state index is 11.9. The molecule has 0 heterocycles. The van der Waals surface area contributed by atoms with Crippen LogP contribution >= 0.6 is 11.6 Å². The van der Waals surface area contributed by atoms with Crippen LogP contribution in [0.2, 0.25) is 5.02 Å². The second kappa shape index (κ2) is 7.12. The monoisotopic (exact) mass is 299 g/mol. The first-order valence-electron chi connectivity index (χ1n) is 6.01. The first kappa shape index (κ1) is 16.3. The van der Waals surface area contributed by atoms with Gasteiger partial charge in [0.25, 0.3) is 0 Å². The van der Waals surface area contributed by atoms with E-state index in [9.17, 15) is 9.59 Å². The number of amides is 2. The van der Waals surface area contributed by atoms with Gasteiger partial charge in [0.15, 0.2) is 0 Å². The molecule has 1 rings (SSSR count). The summed E-state index contributed by atoms with van der Waals surface area (Å²) in [5, 5.41) is 11.7. The minimum atomic E-state index is -1.06. The van der Waals surface area contributed by atoms with Crippen molar-refractivity contribution in [3.05, 3.63) is 28.8 Å². The SMILES string of the molecule is CN(C)CCN(C)C(=O)Nc1ccc(C(=O)O)cc1Cl. The summed E-state index contributed by atoms with van der Waals surface area (Å²) in [6, 6.07) is 3.88. The molecule has 7 heteroatoms. The number of nitrogens with one attached hydrogen (secondary N) is 1. The zero-order chi connectivity index (χ0) is 15.3. The number of rotatable bonds is 5. The molecule has 1 aromatic carbocycles. The van der Waals surface area contributed by atoms with E-state index in [4.69, 9.17) is 16.7 Å². The molecular weight excluding hydrogens is 282 g/mol. The molecule has 20 heavy (non-hydrogen) atoms. The highest BCUT2D eigenvalue weighted by Gasteiger charge is 2.12. The molecule has 0 aliphatic rings. The predicted molar refractivity (Wildman–Crippen MR) is 78.6 cm³/mol. The van der Waals surface area contributed by atoms with Crippen molar-refractivity contribution in [2.45, 2.75) is 0 Å². The molecule has 2 amide bonds. The highest BCUT2D eigenvalue weighted by atomic mass is 35.5. The number of carboxylic acid groups (broad SMARTS) is 1. The van der Waals surface area contributed by atoms with Crippen molar-refractivity contribution in [2.75, 3.05) is 39.5 Å². The summed E-state index contributed by atoms with van der Waals surface area (Å²) in [4.78, 5) is 26.2. The summed E-state index contributed by atoms with van der Waals surface area (Å²) in [6.45, 7) is 1.32. The lowest BCUT2D eigenvalue weighted by Crippen LogP contribution is -2.36. The molecule has 2 N–H and O–H groups in total. The summed E-state index contributed by atoms with van der Waals surface area (Å²) in [5.74, 6) is -1.06. The maximum Gasteiger partial charge on any atom is 0.335 e. The van der Waals surface area contributed by atoms with Crippen LogP contribution in [-0.4, -0.2) is 61.1 Å². The summed E-state index contributed by atoms with van der Waals surface area (Å²) in [5.41, 5.74) is 0.465. The van der Waals surface area contributed by atoms with Gasteiger partial charge in [-0.3, -0.25) is 0 Å². The fourth-order valence-corrected chi connectivity index (χ4v) is 1.64. The van der Waals surface area contributed by atoms with Crippen LogP contribution < -0.4 is 5.32 Å². The van der Waals surface area contributed by atoms with Gasteiger partial charge in [-0.1, -0.05) is 11.6 Å². The van der Waals surface area contributed by atoms with Crippen LogP contribution in [0, 0.1) is 0 Å². The number of carbonyl (C=O) groups is 2. The number of aromatic carboxylic acids is 1. The van der Waals surface area contributed by atoms with Crippen LogP contribution in [0.4, 0.5) is 10.5 Å². The minimum absolute atomic E-state index is 0.0777. The Labute approximate surface area is 122 Å². The van der Waals surface area contributed by atoms with Crippen LogP contribution in [0.15, 0.2) is 18.2 Å². The first-order valence-corrected chi connectivity index (χ1v) is 6.38. The van der Waals surface area contributed by atoms with Gasteiger partial charge in [-0.2, -0.15) is 0 Å². The van der Waals surface area contributed by atoms with Gasteiger partial charge in [0.1, 0.15) is 0 Å². The molecule has 110 valence electrons. The van der Waals surface area contributed by atoms with Crippen molar-refractivity contribution < 1.29 is 14.7 Å². The van der Waals surface area contributed by atoms with Gasteiger partial charge in [-0.25, -0.2) is 9.59 Å². The van der Waals surface area contributed by atoms with Gasteiger partial charge in [0.05, 0.1) is 16.3 Å². The van der Waals surface area contributed by atoms with Gasteiger partial charge in [-0.05, 0) is 32.3 Å². The van der Waals surface area contributed by atoms with E-state index in [0.29, 0.717) is 12.2 Å². The molecule has 0 atom stereocenters. The van der Waals surface area contributed by atoms with E-state index in [-0.39, 0.29) is 16.6 Å². The number of anilines is 1. The number of hydrogen-bond acceptors (Lipinski definition) is 3. The van der Waals surface area contributed by atoms with Gasteiger partial charge < -0.3 is 20.2 Å². The number of hydrogen-bond donors (Lipinski definition) is 2. The third-order valence-electron chi connectivity index (χ3n) is 2.69. The molecule has 0 aromatic heterocycles. The van der Waals surface area contributed by atoms with E-state index in [2.05, 4.69) is 5.32 Å². The number of carboxylic acids is 1. The predicted octanol–water partition coefficient (Wildman–Crippen LogP) is 2.06. The molecule has 6 nitrogen and oxygen atoms in total. The van der Waals surface area contributed by atoms with Gasteiger partial charge >= 0.3 is 12.0 Å². The lowest BCUT2D eigenvalue weighted by Gasteiger charge is -2.20. The number of halogens is 1. The lowest BCUT2D eigenvalue weighted by atomic mass is 10.2. The summed E-state index contributed by atoms with van der Waals surface area (Å²) >= 11 is 5.94. The van der Waals surface area contributed by atoms with Crippen LogP contribution in [0.3, 0.4) is 0 Å². The van der Waals surface area contributed by atoms with Crippen LogP contribution in [0.5, 0.6) is 0 Å². The van der Waals surface area contributed by atoms with Crippen molar-refractivity contribution in [3.63, 3.8) is 0 Å². The van der Waals surface area contributed by atoms with Crippen LogP contribution in [-0.2, 0) is 0 Å². The maximum atomic E-state index is 11.9. The third kappa shape index (κ3) is 4.71. The molecule has 0 unspecified atom stereocenters. The average molecular weight is 300 g/mol. The Morgan fingerprint density at radius 3 is 2.40 bits per heavy atom. The Morgan fingerprint density at radius 1 is 1.25 bits per heavy atom. The first-order chi connectivity index (χ1) is 9.31. The molecule has 0 spiro atoms. The molecule has 0 aliphatic carbocycles. The molecule has 0 fully saturated rings. The Hall–Kier alpha value is -1.79. The molecule has 1 aromatic rings. The van der Waals surface area contributed by atoms with Crippen molar-refractivity contribution in [1.29, 1.82) is 0 Å². The molecule has 0 radical (unpaired) electrons. The highest BCUT2D eigenvalue weighted by molar-refractivity contribution is 6.34. The number of likely N-dealkylation sites (N-methyl/N-ethyl adjacent to an activating group) is 2. The second-order valence-electron chi connectivity index (χ2n) is 4.65. The molecule has 0 bridgehead atoms. The summed E-state index contributed by atoms with van der Waals surface area (Å²) in [6.07, 6.45) is 0. The van der Waals surface area contributed by atoms with E-state index in [1.54, 1.807) is 7.05 Å². The van der Waals surface area contributed by atoms with Crippen molar-refractivity contribution in [3.8, 4) is 0 Å². The number of urea groups is 1. The Kier molecular flexibility index (Phi) is 5.79. The molecular formula is C13H18ClN3O3. The van der Waals surface area contributed by atoms with E-state index in [1.165, 1.54) is 23.1 Å². The molecule has 0 aliphatic heterocycles. The summed E-state index contributed by atoms with van der Waals surface area (Å²) < 4.78 is 0. The number of carbonyl (C=O) groups excluding carboxylic acids is 1. The normalized spacial score (nSPS) is 10.4. The van der Waals surface area contributed by atoms with E-state index < -0.39 is 5.97 Å². The highest BCUT2D eigenvalue weighted by Crippen LogP contribution is 2.23. The number of nitrogens with zero attached hydrogens (tertiary/aromatic N) is 2. The van der Waals surface area contributed by atoms with E-state index >= 15 is 0 Å². The smallest absolute Gasteiger partial charge is 0.335 e.